The maximum absolute atomic E-state index is 12.1. The second kappa shape index (κ2) is 5.77. The van der Waals surface area contributed by atoms with E-state index in [2.05, 4.69) is 4.74 Å². The van der Waals surface area contributed by atoms with E-state index < -0.39 is 41.4 Å². The van der Waals surface area contributed by atoms with Crippen LogP contribution in [0.4, 0.5) is 13.2 Å². The first-order valence-electron chi connectivity index (χ1n) is 5.04. The lowest BCUT2D eigenvalue weighted by molar-refractivity contribution is -0.274. The summed E-state index contributed by atoms with van der Waals surface area (Å²) >= 11 is 0. The Balaban J connectivity index is 3.25. The van der Waals surface area contributed by atoms with Gasteiger partial charge in [0.25, 0.3) is 0 Å². The molecule has 0 saturated carbocycles. The summed E-state index contributed by atoms with van der Waals surface area (Å²) in [4.78, 5) is 10.8. The first-order valence-corrected chi connectivity index (χ1v) is 5.04. The molecule has 0 bridgehead atoms. The zero-order valence-corrected chi connectivity index (χ0v) is 9.63. The molecule has 1 aromatic carbocycles. The highest BCUT2D eigenvalue weighted by molar-refractivity contribution is 5.88. The number of carboxylic acids is 1. The minimum absolute atomic E-state index is 0.391. The van der Waals surface area contributed by atoms with Crippen molar-refractivity contribution < 1.29 is 38.0 Å². The maximum atomic E-state index is 12.1. The molecule has 1 aromatic rings. The highest BCUT2D eigenvalue weighted by Crippen LogP contribution is 2.28. The molecule has 0 aromatic heterocycles. The molecule has 6 nitrogen and oxygen atoms in total. The number of hydrogen-bond donors (Lipinski definition) is 3. The monoisotopic (exact) mass is 291 g/mol. The van der Waals surface area contributed by atoms with Crippen molar-refractivity contribution in [2.45, 2.75) is 18.6 Å². The molecule has 0 saturated heterocycles. The minimum atomic E-state index is -5.05. The van der Waals surface area contributed by atoms with Gasteiger partial charge in [-0.25, -0.2) is 4.79 Å². The number of nitriles is 1. The van der Waals surface area contributed by atoms with Gasteiger partial charge < -0.3 is 20.1 Å². The van der Waals surface area contributed by atoms with Gasteiger partial charge in [-0.05, 0) is 23.8 Å². The van der Waals surface area contributed by atoms with Crippen molar-refractivity contribution in [3.05, 3.63) is 29.3 Å². The predicted octanol–water partition coefficient (Wildman–Crippen LogP) is 1.20. The van der Waals surface area contributed by atoms with E-state index in [1.54, 1.807) is 0 Å². The van der Waals surface area contributed by atoms with Crippen molar-refractivity contribution >= 4 is 5.97 Å². The van der Waals surface area contributed by atoms with Crippen LogP contribution in [0.1, 0.15) is 22.0 Å². The molecule has 9 heteroatoms. The van der Waals surface area contributed by atoms with Crippen LogP contribution in [0.15, 0.2) is 18.2 Å². The van der Waals surface area contributed by atoms with E-state index in [1.807, 2.05) is 0 Å². The molecule has 2 atom stereocenters. The Morgan fingerprint density at radius 3 is 2.35 bits per heavy atom. The molecule has 3 N–H and O–H groups in total. The summed E-state index contributed by atoms with van der Waals surface area (Å²) in [5.74, 6) is -2.44. The van der Waals surface area contributed by atoms with E-state index in [-0.39, 0.29) is 0 Å². The molecule has 0 aliphatic carbocycles. The number of carboxylic acid groups (broad SMARTS) is 1. The van der Waals surface area contributed by atoms with Gasteiger partial charge in [0.05, 0.1) is 11.6 Å². The summed E-state index contributed by atoms with van der Waals surface area (Å²) in [5.41, 5.74) is -0.982. The Hall–Kier alpha value is -2.31. The number of halogens is 3. The lowest BCUT2D eigenvalue weighted by Crippen LogP contribution is -2.19. The van der Waals surface area contributed by atoms with E-state index in [9.17, 15) is 23.1 Å². The molecule has 2 unspecified atom stereocenters. The van der Waals surface area contributed by atoms with Crippen LogP contribution in [0, 0.1) is 11.3 Å². The van der Waals surface area contributed by atoms with Gasteiger partial charge in [-0.3, -0.25) is 0 Å². The Kier molecular flexibility index (Phi) is 4.54. The van der Waals surface area contributed by atoms with E-state index in [0.29, 0.717) is 12.1 Å². The topological polar surface area (TPSA) is 111 Å². The number of aromatic carboxylic acids is 1. The second-order valence-electron chi connectivity index (χ2n) is 3.66. The highest BCUT2D eigenvalue weighted by Gasteiger charge is 2.32. The fourth-order valence-electron chi connectivity index (χ4n) is 1.36. The van der Waals surface area contributed by atoms with Crippen molar-refractivity contribution in [3.63, 3.8) is 0 Å². The Morgan fingerprint density at radius 2 is 1.90 bits per heavy atom. The van der Waals surface area contributed by atoms with Crippen LogP contribution in [0.3, 0.4) is 0 Å². The van der Waals surface area contributed by atoms with E-state index in [0.717, 1.165) is 6.07 Å². The van der Waals surface area contributed by atoms with Crippen molar-refractivity contribution in [2.75, 3.05) is 0 Å². The summed E-state index contributed by atoms with van der Waals surface area (Å²) in [6.07, 6.45) is -8.83. The summed E-state index contributed by atoms with van der Waals surface area (Å²) in [7, 11) is 0. The number of ether oxygens (including phenoxy) is 1. The van der Waals surface area contributed by atoms with Crippen LogP contribution >= 0.6 is 0 Å². The third-order valence-electron chi connectivity index (χ3n) is 2.18. The normalized spacial score (nSPS) is 14.2. The third-order valence-corrected chi connectivity index (χ3v) is 2.18. The van der Waals surface area contributed by atoms with Gasteiger partial charge in [-0.1, -0.05) is 0 Å². The van der Waals surface area contributed by atoms with E-state index in [1.165, 1.54) is 6.07 Å². The Labute approximate surface area is 110 Å². The molecule has 0 radical (unpaired) electrons. The quantitative estimate of drug-likeness (QED) is 0.719. The van der Waals surface area contributed by atoms with Crippen molar-refractivity contribution in [3.8, 4) is 11.8 Å². The predicted molar refractivity (Wildman–Crippen MR) is 56.7 cm³/mol. The first-order chi connectivity index (χ1) is 9.14. The molecular weight excluding hydrogens is 283 g/mol. The number of alkyl halides is 3. The molecule has 0 aliphatic rings. The van der Waals surface area contributed by atoms with Gasteiger partial charge in [0.1, 0.15) is 11.9 Å². The molecule has 108 valence electrons. The van der Waals surface area contributed by atoms with Gasteiger partial charge in [0.2, 0.25) is 0 Å². The van der Waals surface area contributed by atoms with Crippen molar-refractivity contribution in [1.29, 1.82) is 5.26 Å². The van der Waals surface area contributed by atoms with Gasteiger partial charge in [0, 0.05) is 0 Å². The average Bonchev–Trinajstić information content (AvgIpc) is 2.34. The van der Waals surface area contributed by atoms with Gasteiger partial charge in [-0.2, -0.15) is 5.26 Å². The molecule has 0 aliphatic heterocycles. The standard InChI is InChI=1S/C11H8F3NO5/c12-11(13,14)20-7-2-5(9(17)8(16)4-15)1-6(3-7)10(18)19/h1-3,8-9,16-17H,(H,18,19). The third kappa shape index (κ3) is 4.11. The van der Waals surface area contributed by atoms with Crippen LogP contribution in [-0.4, -0.2) is 33.8 Å². The van der Waals surface area contributed by atoms with E-state index >= 15 is 0 Å². The Morgan fingerprint density at radius 1 is 1.30 bits per heavy atom. The van der Waals surface area contributed by atoms with E-state index in [4.69, 9.17) is 15.5 Å². The van der Waals surface area contributed by atoms with Crippen LogP contribution < -0.4 is 4.74 Å². The zero-order valence-electron chi connectivity index (χ0n) is 9.63. The number of benzene rings is 1. The number of hydrogen-bond acceptors (Lipinski definition) is 5. The van der Waals surface area contributed by atoms with Gasteiger partial charge in [-0.15, -0.1) is 13.2 Å². The molecule has 0 fully saturated rings. The summed E-state index contributed by atoms with van der Waals surface area (Å²) in [5, 5.41) is 35.8. The first kappa shape index (κ1) is 15.7. The number of aliphatic hydroxyl groups excluding tert-OH is 2. The van der Waals surface area contributed by atoms with Gasteiger partial charge >= 0.3 is 12.3 Å². The van der Waals surface area contributed by atoms with Crippen molar-refractivity contribution in [1.82, 2.24) is 0 Å². The van der Waals surface area contributed by atoms with Crippen LogP contribution in [0.2, 0.25) is 0 Å². The minimum Gasteiger partial charge on any atom is -0.478 e. The highest BCUT2D eigenvalue weighted by atomic mass is 19.4. The number of nitrogens with zero attached hydrogens (tertiary/aromatic N) is 1. The molecular formula is C11H8F3NO5. The van der Waals surface area contributed by atoms with Gasteiger partial charge in [0.15, 0.2) is 6.10 Å². The summed E-state index contributed by atoms with van der Waals surface area (Å²) in [6.45, 7) is 0. The number of aliphatic hydroxyl groups is 2. The second-order valence-corrected chi connectivity index (χ2v) is 3.66. The maximum Gasteiger partial charge on any atom is 0.573 e. The average molecular weight is 291 g/mol. The van der Waals surface area contributed by atoms with Crippen LogP contribution in [0.25, 0.3) is 0 Å². The molecule has 0 heterocycles. The summed E-state index contributed by atoms with van der Waals surface area (Å²) in [6, 6.07) is 3.39. The van der Waals surface area contributed by atoms with Crippen LogP contribution in [-0.2, 0) is 0 Å². The van der Waals surface area contributed by atoms with Crippen molar-refractivity contribution in [2.24, 2.45) is 0 Å². The molecule has 0 amide bonds. The largest absolute Gasteiger partial charge is 0.573 e. The number of carbonyl (C=O) groups is 1. The zero-order chi connectivity index (χ0) is 15.5. The fraction of sp³-hybridized carbons (Fsp3) is 0.273. The lowest BCUT2D eigenvalue weighted by atomic mass is 10.0. The molecule has 1 rings (SSSR count). The Bertz CT molecular complexity index is 552. The lowest BCUT2D eigenvalue weighted by Gasteiger charge is -2.15. The smallest absolute Gasteiger partial charge is 0.478 e. The van der Waals surface area contributed by atoms with Crippen LogP contribution in [0.5, 0.6) is 5.75 Å². The summed E-state index contributed by atoms with van der Waals surface area (Å²) < 4.78 is 39.9. The molecule has 20 heavy (non-hydrogen) atoms. The molecule has 0 spiro atoms. The SMILES string of the molecule is N#CC(O)C(O)c1cc(OC(F)(F)F)cc(C(=O)O)c1. The fourth-order valence-corrected chi connectivity index (χ4v) is 1.36. The number of rotatable bonds is 4.